The van der Waals surface area contributed by atoms with E-state index in [4.69, 9.17) is 11.1 Å². The smallest absolute Gasteiger partial charge is 0.135 e. The van der Waals surface area contributed by atoms with Crippen LogP contribution in [-0.4, -0.2) is 17.4 Å². The highest BCUT2D eigenvalue weighted by atomic mass is 15.2. The number of amidine groups is 1. The topological polar surface area (TPSA) is 66.0 Å². The Labute approximate surface area is 113 Å². The van der Waals surface area contributed by atoms with Crippen LogP contribution in [-0.2, 0) is 0 Å². The van der Waals surface area contributed by atoms with Crippen LogP contribution in [0, 0.1) is 12.3 Å². The van der Waals surface area contributed by atoms with Crippen LogP contribution in [0.3, 0.4) is 0 Å². The molecule has 0 saturated heterocycles. The molecule has 2 aromatic rings. The number of rotatable bonds is 5. The summed E-state index contributed by atoms with van der Waals surface area (Å²) in [5.41, 5.74) is 7.64. The summed E-state index contributed by atoms with van der Waals surface area (Å²) in [4.78, 5) is 6.54. The van der Waals surface area contributed by atoms with Crippen LogP contribution in [0.5, 0.6) is 0 Å². The highest BCUT2D eigenvalue weighted by Crippen LogP contribution is 2.25. The van der Waals surface area contributed by atoms with Gasteiger partial charge in [-0.05, 0) is 30.7 Å². The van der Waals surface area contributed by atoms with E-state index in [1.54, 1.807) is 6.20 Å². The fourth-order valence-electron chi connectivity index (χ4n) is 1.96. The van der Waals surface area contributed by atoms with Gasteiger partial charge in [-0.2, -0.15) is 0 Å². The maximum absolute atomic E-state index is 7.40. The van der Waals surface area contributed by atoms with E-state index in [1.807, 2.05) is 49.4 Å². The molecule has 4 heteroatoms. The average Bonchev–Trinajstić information content (AvgIpc) is 2.42. The Balaban J connectivity index is 2.35. The van der Waals surface area contributed by atoms with Crippen molar-refractivity contribution in [2.75, 3.05) is 11.4 Å². The largest absolute Gasteiger partial charge is 0.388 e. The Morgan fingerprint density at radius 1 is 1.21 bits per heavy atom. The molecule has 98 valence electrons. The monoisotopic (exact) mass is 254 g/mol. The third kappa shape index (κ3) is 3.31. The number of aromatic nitrogens is 1. The van der Waals surface area contributed by atoms with Gasteiger partial charge in [0.05, 0.1) is 5.84 Å². The lowest BCUT2D eigenvalue weighted by atomic mass is 10.2. The normalized spacial score (nSPS) is 10.2. The Hall–Kier alpha value is -2.36. The predicted molar refractivity (Wildman–Crippen MR) is 79.0 cm³/mol. The molecule has 4 nitrogen and oxygen atoms in total. The zero-order valence-corrected chi connectivity index (χ0v) is 11.0. The van der Waals surface area contributed by atoms with E-state index in [2.05, 4.69) is 9.88 Å². The number of nitrogens with one attached hydrogen (secondary N) is 1. The van der Waals surface area contributed by atoms with E-state index in [0.29, 0.717) is 13.0 Å². The van der Waals surface area contributed by atoms with Crippen LogP contribution >= 0.6 is 0 Å². The van der Waals surface area contributed by atoms with Gasteiger partial charge in [-0.15, -0.1) is 0 Å². The number of nitrogens with two attached hydrogens (primary N) is 1. The van der Waals surface area contributed by atoms with Gasteiger partial charge in [0, 0.05) is 24.8 Å². The second kappa shape index (κ2) is 6.00. The first-order valence-electron chi connectivity index (χ1n) is 6.25. The molecule has 19 heavy (non-hydrogen) atoms. The van der Waals surface area contributed by atoms with Crippen molar-refractivity contribution in [3.8, 4) is 0 Å². The number of anilines is 2. The summed E-state index contributed by atoms with van der Waals surface area (Å²) in [5.74, 6) is 1.10. The zero-order chi connectivity index (χ0) is 13.7. The third-order valence-electron chi connectivity index (χ3n) is 2.91. The minimum atomic E-state index is 0.189. The van der Waals surface area contributed by atoms with Gasteiger partial charge in [0.25, 0.3) is 0 Å². The summed E-state index contributed by atoms with van der Waals surface area (Å²) in [5, 5.41) is 7.40. The molecular formula is C15H18N4. The summed E-state index contributed by atoms with van der Waals surface area (Å²) in [7, 11) is 0. The maximum atomic E-state index is 7.40. The molecule has 1 aromatic heterocycles. The molecule has 0 fully saturated rings. The first kappa shape index (κ1) is 13.1. The standard InChI is InChI=1S/C15H18N4/c1-12-6-5-10-18-15(12)19(11-9-14(16)17)13-7-3-2-4-8-13/h2-8,10H,9,11H2,1H3,(H3,16,17). The van der Waals surface area contributed by atoms with Gasteiger partial charge in [0.2, 0.25) is 0 Å². The van der Waals surface area contributed by atoms with Gasteiger partial charge in [-0.1, -0.05) is 24.3 Å². The van der Waals surface area contributed by atoms with Crippen molar-refractivity contribution in [3.05, 3.63) is 54.2 Å². The van der Waals surface area contributed by atoms with Crippen molar-refractivity contribution in [2.45, 2.75) is 13.3 Å². The lowest BCUT2D eigenvalue weighted by Crippen LogP contribution is -2.24. The van der Waals surface area contributed by atoms with E-state index >= 15 is 0 Å². The average molecular weight is 254 g/mol. The molecule has 0 radical (unpaired) electrons. The Morgan fingerprint density at radius 2 is 1.95 bits per heavy atom. The molecule has 2 rings (SSSR count). The third-order valence-corrected chi connectivity index (χ3v) is 2.91. The fraction of sp³-hybridized carbons (Fsp3) is 0.200. The molecular weight excluding hydrogens is 236 g/mol. The first-order chi connectivity index (χ1) is 9.18. The van der Waals surface area contributed by atoms with Crippen LogP contribution in [0.4, 0.5) is 11.5 Å². The summed E-state index contributed by atoms with van der Waals surface area (Å²) in [6, 6.07) is 14.0. The predicted octanol–water partition coefficient (Wildman–Crippen LogP) is 2.85. The van der Waals surface area contributed by atoms with Crippen LogP contribution in [0.25, 0.3) is 0 Å². The first-order valence-corrected chi connectivity index (χ1v) is 6.25. The van der Waals surface area contributed by atoms with Crippen molar-refractivity contribution in [1.82, 2.24) is 4.98 Å². The van der Waals surface area contributed by atoms with Gasteiger partial charge < -0.3 is 10.6 Å². The van der Waals surface area contributed by atoms with Gasteiger partial charge in [-0.25, -0.2) is 4.98 Å². The quantitative estimate of drug-likeness (QED) is 0.637. The molecule has 1 heterocycles. The van der Waals surface area contributed by atoms with Crippen LogP contribution in [0.1, 0.15) is 12.0 Å². The summed E-state index contributed by atoms with van der Waals surface area (Å²) in [6.45, 7) is 2.68. The minimum Gasteiger partial charge on any atom is -0.388 e. The van der Waals surface area contributed by atoms with Gasteiger partial charge in [0.1, 0.15) is 5.82 Å². The molecule has 1 aromatic carbocycles. The number of nitrogens with zero attached hydrogens (tertiary/aromatic N) is 2. The molecule has 0 aliphatic carbocycles. The molecule has 0 unspecified atom stereocenters. The molecule has 0 aliphatic rings. The minimum absolute atomic E-state index is 0.189. The zero-order valence-electron chi connectivity index (χ0n) is 11.0. The number of para-hydroxylation sites is 1. The van der Waals surface area contributed by atoms with Crippen LogP contribution < -0.4 is 10.6 Å². The van der Waals surface area contributed by atoms with Crippen LogP contribution in [0.2, 0.25) is 0 Å². The van der Waals surface area contributed by atoms with Gasteiger partial charge in [0.15, 0.2) is 0 Å². The summed E-state index contributed by atoms with van der Waals surface area (Å²) < 4.78 is 0. The molecule has 3 N–H and O–H groups in total. The number of aryl methyl sites for hydroxylation is 1. The van der Waals surface area contributed by atoms with Crippen LogP contribution in [0.15, 0.2) is 48.7 Å². The van der Waals surface area contributed by atoms with E-state index in [1.165, 1.54) is 0 Å². The van der Waals surface area contributed by atoms with Crippen molar-refractivity contribution < 1.29 is 0 Å². The van der Waals surface area contributed by atoms with E-state index in [-0.39, 0.29) is 5.84 Å². The van der Waals surface area contributed by atoms with Crippen molar-refractivity contribution in [3.63, 3.8) is 0 Å². The molecule has 0 bridgehead atoms. The fourth-order valence-corrected chi connectivity index (χ4v) is 1.96. The van der Waals surface area contributed by atoms with E-state index in [0.717, 1.165) is 17.1 Å². The number of benzene rings is 1. The van der Waals surface area contributed by atoms with Gasteiger partial charge >= 0.3 is 0 Å². The van der Waals surface area contributed by atoms with Crippen molar-refractivity contribution >= 4 is 17.3 Å². The van der Waals surface area contributed by atoms with Crippen molar-refractivity contribution in [2.24, 2.45) is 5.73 Å². The van der Waals surface area contributed by atoms with E-state index < -0.39 is 0 Å². The van der Waals surface area contributed by atoms with E-state index in [9.17, 15) is 0 Å². The Bertz CT molecular complexity index is 551. The molecule has 0 aliphatic heterocycles. The lowest BCUT2D eigenvalue weighted by Gasteiger charge is -2.25. The lowest BCUT2D eigenvalue weighted by molar-refractivity contribution is 0.925. The highest BCUT2D eigenvalue weighted by molar-refractivity contribution is 5.78. The number of hydrogen-bond acceptors (Lipinski definition) is 3. The summed E-state index contributed by atoms with van der Waals surface area (Å²) in [6.07, 6.45) is 2.30. The Kier molecular flexibility index (Phi) is 4.13. The SMILES string of the molecule is Cc1cccnc1N(CCC(=N)N)c1ccccc1. The number of pyridine rings is 1. The second-order valence-electron chi connectivity index (χ2n) is 4.41. The molecule has 0 amide bonds. The highest BCUT2D eigenvalue weighted by Gasteiger charge is 2.12. The second-order valence-corrected chi connectivity index (χ2v) is 4.41. The Morgan fingerprint density at radius 3 is 2.58 bits per heavy atom. The molecule has 0 saturated carbocycles. The molecule has 0 spiro atoms. The van der Waals surface area contributed by atoms with Gasteiger partial charge in [-0.3, -0.25) is 5.41 Å². The molecule has 0 atom stereocenters. The maximum Gasteiger partial charge on any atom is 0.135 e. The van der Waals surface area contributed by atoms with Crippen molar-refractivity contribution in [1.29, 1.82) is 5.41 Å². The number of hydrogen-bond donors (Lipinski definition) is 2. The summed E-state index contributed by atoms with van der Waals surface area (Å²) >= 11 is 0.